The van der Waals surface area contributed by atoms with Gasteiger partial charge in [-0.3, -0.25) is 4.79 Å². The standard InChI is InChI=1S/C48H92O4/c1-3-5-7-9-11-13-15-17-19-21-22-23-24-25-26-27-29-31-33-35-37-39-41-43-48(50)52-47(45-49)46-51-44-42-40-38-36-34-32-30-28-20-18-16-14-12-10-8-6-4-2/h20-22,28,47,49H,3-19,23-27,29-46H2,1-2H3/b22-21-,28-20-. The quantitative estimate of drug-likeness (QED) is 0.0385. The summed E-state index contributed by atoms with van der Waals surface area (Å²) in [5, 5.41) is 9.62. The van der Waals surface area contributed by atoms with Crippen molar-refractivity contribution in [2.24, 2.45) is 0 Å². The maximum Gasteiger partial charge on any atom is 0.306 e. The fourth-order valence-corrected chi connectivity index (χ4v) is 6.97. The summed E-state index contributed by atoms with van der Waals surface area (Å²) in [6.45, 7) is 5.37. The number of hydrogen-bond acceptors (Lipinski definition) is 4. The number of aliphatic hydroxyl groups excluding tert-OH is 1. The molecule has 4 nitrogen and oxygen atoms in total. The molecule has 1 unspecified atom stereocenters. The van der Waals surface area contributed by atoms with Crippen molar-refractivity contribution in [1.82, 2.24) is 0 Å². The number of hydrogen-bond donors (Lipinski definition) is 1. The average molecular weight is 733 g/mol. The van der Waals surface area contributed by atoms with Crippen LogP contribution in [0.2, 0.25) is 0 Å². The highest BCUT2D eigenvalue weighted by atomic mass is 16.6. The van der Waals surface area contributed by atoms with E-state index in [1.165, 1.54) is 212 Å². The summed E-state index contributed by atoms with van der Waals surface area (Å²) in [6.07, 6.45) is 56.8. The van der Waals surface area contributed by atoms with E-state index in [-0.39, 0.29) is 12.6 Å². The minimum absolute atomic E-state index is 0.171. The lowest BCUT2D eigenvalue weighted by molar-refractivity contribution is -0.154. The number of ether oxygens (including phenoxy) is 2. The van der Waals surface area contributed by atoms with Crippen LogP contribution in [0.1, 0.15) is 251 Å². The second kappa shape index (κ2) is 46.0. The van der Waals surface area contributed by atoms with Crippen LogP contribution in [-0.4, -0.2) is 37.0 Å². The van der Waals surface area contributed by atoms with Crippen LogP contribution in [0.25, 0.3) is 0 Å². The second-order valence-corrected chi connectivity index (χ2v) is 15.8. The van der Waals surface area contributed by atoms with Gasteiger partial charge in [0, 0.05) is 13.0 Å². The summed E-state index contributed by atoms with van der Waals surface area (Å²) >= 11 is 0. The van der Waals surface area contributed by atoms with Gasteiger partial charge < -0.3 is 14.6 Å². The van der Waals surface area contributed by atoms with Crippen LogP contribution >= 0.6 is 0 Å². The van der Waals surface area contributed by atoms with E-state index >= 15 is 0 Å². The molecule has 0 saturated heterocycles. The highest BCUT2D eigenvalue weighted by Gasteiger charge is 2.13. The maximum atomic E-state index is 12.2. The van der Waals surface area contributed by atoms with E-state index in [9.17, 15) is 9.90 Å². The number of allylic oxidation sites excluding steroid dienone is 4. The van der Waals surface area contributed by atoms with Crippen molar-refractivity contribution in [3.8, 4) is 0 Å². The Hall–Kier alpha value is -1.13. The predicted octanol–water partition coefficient (Wildman–Crippen LogP) is 15.5. The van der Waals surface area contributed by atoms with Gasteiger partial charge in [0.1, 0.15) is 6.10 Å². The zero-order chi connectivity index (χ0) is 37.7. The molecule has 0 rings (SSSR count). The Morgan fingerprint density at radius 1 is 0.442 bits per heavy atom. The van der Waals surface area contributed by atoms with Crippen molar-refractivity contribution in [1.29, 1.82) is 0 Å². The number of rotatable bonds is 44. The zero-order valence-corrected chi connectivity index (χ0v) is 35.3. The smallest absolute Gasteiger partial charge is 0.306 e. The van der Waals surface area contributed by atoms with Gasteiger partial charge in [0.25, 0.3) is 0 Å². The predicted molar refractivity (Wildman–Crippen MR) is 228 cm³/mol. The molecule has 1 N–H and O–H groups in total. The normalized spacial score (nSPS) is 12.4. The summed E-state index contributed by atoms with van der Waals surface area (Å²) in [7, 11) is 0. The topological polar surface area (TPSA) is 55.8 Å². The fraction of sp³-hybridized carbons (Fsp3) is 0.896. The summed E-state index contributed by atoms with van der Waals surface area (Å²) in [5.74, 6) is -0.200. The summed E-state index contributed by atoms with van der Waals surface area (Å²) in [6, 6.07) is 0. The van der Waals surface area contributed by atoms with E-state index in [0.717, 1.165) is 19.3 Å². The lowest BCUT2D eigenvalue weighted by atomic mass is 10.0. The molecule has 308 valence electrons. The van der Waals surface area contributed by atoms with Gasteiger partial charge in [-0.2, -0.15) is 0 Å². The summed E-state index contributed by atoms with van der Waals surface area (Å²) < 4.78 is 11.2. The molecule has 0 bridgehead atoms. The van der Waals surface area contributed by atoms with E-state index in [4.69, 9.17) is 9.47 Å². The molecule has 0 aliphatic rings. The molecule has 4 heteroatoms. The van der Waals surface area contributed by atoms with Gasteiger partial charge in [-0.15, -0.1) is 0 Å². The molecule has 0 aliphatic heterocycles. The molecule has 0 heterocycles. The second-order valence-electron chi connectivity index (χ2n) is 15.8. The van der Waals surface area contributed by atoms with Crippen molar-refractivity contribution in [3.05, 3.63) is 24.3 Å². The largest absolute Gasteiger partial charge is 0.457 e. The molecule has 0 aromatic heterocycles. The molecular weight excluding hydrogens is 641 g/mol. The number of esters is 1. The van der Waals surface area contributed by atoms with Crippen LogP contribution in [0.4, 0.5) is 0 Å². The van der Waals surface area contributed by atoms with Gasteiger partial charge in [0.15, 0.2) is 0 Å². The molecule has 0 aromatic carbocycles. The van der Waals surface area contributed by atoms with Crippen LogP contribution in [0.5, 0.6) is 0 Å². The zero-order valence-electron chi connectivity index (χ0n) is 35.3. The third-order valence-electron chi connectivity index (χ3n) is 10.5. The Labute approximate surface area is 326 Å². The lowest BCUT2D eigenvalue weighted by Gasteiger charge is -2.15. The molecule has 0 aromatic rings. The van der Waals surface area contributed by atoms with E-state index in [0.29, 0.717) is 19.6 Å². The highest BCUT2D eigenvalue weighted by molar-refractivity contribution is 5.69. The maximum absolute atomic E-state index is 12.2. The van der Waals surface area contributed by atoms with Gasteiger partial charge in [-0.1, -0.05) is 205 Å². The first-order chi connectivity index (χ1) is 25.7. The van der Waals surface area contributed by atoms with E-state index < -0.39 is 6.10 Å². The first kappa shape index (κ1) is 50.9. The number of carbonyl (C=O) groups excluding carboxylic acids is 1. The van der Waals surface area contributed by atoms with Crippen LogP contribution in [0, 0.1) is 0 Å². The summed E-state index contributed by atoms with van der Waals surface area (Å²) in [4.78, 5) is 12.2. The van der Waals surface area contributed by atoms with E-state index in [2.05, 4.69) is 38.2 Å². The van der Waals surface area contributed by atoms with Crippen LogP contribution in [-0.2, 0) is 14.3 Å². The van der Waals surface area contributed by atoms with Gasteiger partial charge in [-0.25, -0.2) is 0 Å². The van der Waals surface area contributed by atoms with Crippen LogP contribution < -0.4 is 0 Å². The molecular formula is C48H92O4. The monoisotopic (exact) mass is 733 g/mol. The molecule has 0 radical (unpaired) electrons. The van der Waals surface area contributed by atoms with Crippen LogP contribution in [0.15, 0.2) is 24.3 Å². The molecule has 0 fully saturated rings. The highest BCUT2D eigenvalue weighted by Crippen LogP contribution is 2.15. The lowest BCUT2D eigenvalue weighted by Crippen LogP contribution is -2.27. The Bertz CT molecular complexity index is 732. The molecule has 0 saturated carbocycles. The van der Waals surface area contributed by atoms with Crippen molar-refractivity contribution in [2.75, 3.05) is 19.8 Å². The van der Waals surface area contributed by atoms with Crippen LogP contribution in [0.3, 0.4) is 0 Å². The minimum atomic E-state index is -0.535. The Balaban J connectivity index is 3.39. The van der Waals surface area contributed by atoms with Crippen molar-refractivity contribution in [2.45, 2.75) is 258 Å². The number of aliphatic hydroxyl groups is 1. The first-order valence-electron chi connectivity index (χ1n) is 23.4. The molecule has 1 atom stereocenters. The number of carbonyl (C=O) groups is 1. The third kappa shape index (κ3) is 43.3. The molecule has 0 amide bonds. The fourth-order valence-electron chi connectivity index (χ4n) is 6.97. The van der Waals surface area contributed by atoms with E-state index in [1.807, 2.05) is 0 Å². The first-order valence-corrected chi connectivity index (χ1v) is 23.4. The third-order valence-corrected chi connectivity index (χ3v) is 10.5. The summed E-state index contributed by atoms with van der Waals surface area (Å²) in [5.41, 5.74) is 0. The number of unbranched alkanes of at least 4 members (excludes halogenated alkanes) is 32. The SMILES string of the molecule is CCCCCCCCC/C=C\CCCCCCCCOCC(CO)OC(=O)CCCCCCCCCCCCC/C=C\CCCCCCCCCC. The van der Waals surface area contributed by atoms with Gasteiger partial charge >= 0.3 is 5.97 Å². The Morgan fingerprint density at radius 3 is 1.10 bits per heavy atom. The van der Waals surface area contributed by atoms with Gasteiger partial charge in [-0.05, 0) is 64.2 Å². The van der Waals surface area contributed by atoms with Crippen molar-refractivity contribution < 1.29 is 19.4 Å². The van der Waals surface area contributed by atoms with Gasteiger partial charge in [0.05, 0.1) is 13.2 Å². The van der Waals surface area contributed by atoms with Crippen molar-refractivity contribution in [3.63, 3.8) is 0 Å². The minimum Gasteiger partial charge on any atom is -0.457 e. The molecule has 52 heavy (non-hydrogen) atoms. The Morgan fingerprint density at radius 2 is 0.750 bits per heavy atom. The Kier molecular flexibility index (Phi) is 45.0. The average Bonchev–Trinajstić information content (AvgIpc) is 3.15. The van der Waals surface area contributed by atoms with E-state index in [1.54, 1.807) is 0 Å². The van der Waals surface area contributed by atoms with Gasteiger partial charge in [0.2, 0.25) is 0 Å². The van der Waals surface area contributed by atoms with Crippen molar-refractivity contribution >= 4 is 5.97 Å². The molecule has 0 spiro atoms. The molecule has 0 aliphatic carbocycles.